The molecule has 0 spiro atoms. The predicted octanol–water partition coefficient (Wildman–Crippen LogP) is 7.12. The Morgan fingerprint density at radius 3 is 2.35 bits per heavy atom. The molecule has 3 rings (SSSR count). The average Bonchev–Trinajstić information content (AvgIpc) is 2.77. The van der Waals surface area contributed by atoms with Crippen LogP contribution < -0.4 is 14.8 Å². The first kappa shape index (κ1) is 25.0. The molecular weight excluding hydrogens is 436 g/mol. The topological polar surface area (TPSA) is 30.5 Å². The van der Waals surface area contributed by atoms with Crippen molar-refractivity contribution in [2.45, 2.75) is 39.0 Å². The molecular formula is C25H28Cl2FNO2. The first-order valence-corrected chi connectivity index (χ1v) is 10.5. The van der Waals surface area contributed by atoms with Crippen LogP contribution in [0.15, 0.2) is 66.7 Å². The van der Waals surface area contributed by atoms with E-state index in [1.54, 1.807) is 19.2 Å². The van der Waals surface area contributed by atoms with Crippen LogP contribution in [-0.4, -0.2) is 7.11 Å². The average molecular weight is 464 g/mol. The zero-order valence-electron chi connectivity index (χ0n) is 17.7. The first-order chi connectivity index (χ1) is 14.6. The third-order valence-electron chi connectivity index (χ3n) is 4.92. The molecule has 1 unspecified atom stereocenters. The minimum Gasteiger partial charge on any atom is -0.493 e. The second-order valence-corrected chi connectivity index (χ2v) is 7.56. The van der Waals surface area contributed by atoms with Gasteiger partial charge < -0.3 is 14.8 Å². The van der Waals surface area contributed by atoms with Gasteiger partial charge >= 0.3 is 0 Å². The van der Waals surface area contributed by atoms with Gasteiger partial charge in [0.25, 0.3) is 0 Å². The second kappa shape index (κ2) is 12.6. The lowest BCUT2D eigenvalue weighted by Gasteiger charge is -2.20. The number of hydrogen-bond acceptors (Lipinski definition) is 3. The summed E-state index contributed by atoms with van der Waals surface area (Å²) < 4.78 is 24.5. The largest absolute Gasteiger partial charge is 0.493 e. The predicted molar refractivity (Wildman–Crippen MR) is 127 cm³/mol. The molecule has 0 heterocycles. The van der Waals surface area contributed by atoms with E-state index in [2.05, 4.69) is 36.5 Å². The van der Waals surface area contributed by atoms with E-state index in [-0.39, 0.29) is 30.9 Å². The first-order valence-electron chi connectivity index (χ1n) is 10.1. The number of rotatable bonds is 10. The Balaban J connectivity index is 0.00000341. The van der Waals surface area contributed by atoms with Gasteiger partial charge in [-0.1, -0.05) is 67.4 Å². The summed E-state index contributed by atoms with van der Waals surface area (Å²) in [5, 5.41) is 4.11. The number of hydrogen-bond donors (Lipinski definition) is 1. The van der Waals surface area contributed by atoms with Gasteiger partial charge in [0.2, 0.25) is 0 Å². The summed E-state index contributed by atoms with van der Waals surface area (Å²) in [5.41, 5.74) is 3.14. The molecule has 1 N–H and O–H groups in total. The van der Waals surface area contributed by atoms with Crippen LogP contribution in [0.5, 0.6) is 11.5 Å². The van der Waals surface area contributed by atoms with Crippen LogP contribution >= 0.6 is 24.0 Å². The lowest BCUT2D eigenvalue weighted by Crippen LogP contribution is -2.20. The number of benzene rings is 3. The highest BCUT2D eigenvalue weighted by Gasteiger charge is 2.14. The highest BCUT2D eigenvalue weighted by molar-refractivity contribution is 6.32. The summed E-state index contributed by atoms with van der Waals surface area (Å²) in [6.07, 6.45) is 2.14. The number of ether oxygens (including phenoxy) is 2. The van der Waals surface area contributed by atoms with E-state index in [0.29, 0.717) is 23.1 Å². The van der Waals surface area contributed by atoms with Crippen LogP contribution in [0, 0.1) is 5.82 Å². The van der Waals surface area contributed by atoms with E-state index in [1.807, 2.05) is 18.2 Å². The van der Waals surface area contributed by atoms with Crippen LogP contribution in [0.25, 0.3) is 0 Å². The Bertz CT molecular complexity index is 936. The summed E-state index contributed by atoms with van der Waals surface area (Å²) in [6.45, 7) is 3.12. The third-order valence-corrected chi connectivity index (χ3v) is 5.20. The Morgan fingerprint density at radius 1 is 1.00 bits per heavy atom. The monoisotopic (exact) mass is 463 g/mol. The van der Waals surface area contributed by atoms with Crippen molar-refractivity contribution in [3.05, 3.63) is 94.3 Å². The van der Waals surface area contributed by atoms with E-state index in [0.717, 1.165) is 24.0 Å². The molecule has 0 amide bonds. The van der Waals surface area contributed by atoms with Crippen molar-refractivity contribution in [2.75, 3.05) is 7.11 Å². The van der Waals surface area contributed by atoms with Crippen molar-refractivity contribution in [1.82, 2.24) is 5.32 Å². The quantitative estimate of drug-likeness (QED) is 0.347. The molecule has 0 radical (unpaired) electrons. The molecule has 0 bridgehead atoms. The minimum absolute atomic E-state index is 0. The van der Waals surface area contributed by atoms with Crippen LogP contribution in [0.3, 0.4) is 0 Å². The maximum atomic E-state index is 13.1. The molecule has 0 fully saturated rings. The van der Waals surface area contributed by atoms with Gasteiger partial charge in [0.15, 0.2) is 11.5 Å². The lowest BCUT2D eigenvalue weighted by molar-refractivity contribution is 0.284. The molecule has 0 aliphatic heterocycles. The molecule has 0 saturated heterocycles. The SMILES string of the molecule is CCCC(NCc1cc(Cl)c(OCc2ccc(F)cc2)c(OC)c1)c1ccccc1.Cl. The maximum absolute atomic E-state index is 13.1. The smallest absolute Gasteiger partial charge is 0.180 e. The van der Waals surface area contributed by atoms with E-state index in [4.69, 9.17) is 21.1 Å². The molecule has 0 aromatic heterocycles. The van der Waals surface area contributed by atoms with E-state index in [1.165, 1.54) is 17.7 Å². The van der Waals surface area contributed by atoms with Gasteiger partial charge in [0, 0.05) is 12.6 Å². The summed E-state index contributed by atoms with van der Waals surface area (Å²) in [4.78, 5) is 0. The molecule has 0 aliphatic rings. The van der Waals surface area contributed by atoms with E-state index >= 15 is 0 Å². The van der Waals surface area contributed by atoms with Crippen molar-refractivity contribution < 1.29 is 13.9 Å². The fraction of sp³-hybridized carbons (Fsp3) is 0.280. The van der Waals surface area contributed by atoms with Crippen molar-refractivity contribution in [3.63, 3.8) is 0 Å². The molecule has 3 nitrogen and oxygen atoms in total. The summed E-state index contributed by atoms with van der Waals surface area (Å²) in [7, 11) is 1.59. The zero-order valence-corrected chi connectivity index (χ0v) is 19.3. The Morgan fingerprint density at radius 2 is 1.71 bits per heavy atom. The standard InChI is InChI=1S/C25H27ClFNO2.ClH/c1-3-7-23(20-8-5-4-6-9-20)28-16-19-14-22(26)25(24(15-19)29-2)30-17-18-10-12-21(27)13-11-18;/h4-6,8-15,23,28H,3,7,16-17H2,1-2H3;1H. The molecule has 0 aliphatic carbocycles. The lowest BCUT2D eigenvalue weighted by atomic mass is 10.0. The Labute approximate surface area is 194 Å². The highest BCUT2D eigenvalue weighted by Crippen LogP contribution is 2.37. The molecule has 3 aromatic carbocycles. The van der Waals surface area contributed by atoms with Gasteiger partial charge in [-0.3, -0.25) is 0 Å². The molecule has 3 aromatic rings. The second-order valence-electron chi connectivity index (χ2n) is 7.16. The van der Waals surface area contributed by atoms with Crippen molar-refractivity contribution in [2.24, 2.45) is 0 Å². The van der Waals surface area contributed by atoms with Gasteiger partial charge in [-0.2, -0.15) is 0 Å². The zero-order chi connectivity index (χ0) is 21.3. The number of halogens is 3. The van der Waals surface area contributed by atoms with Crippen molar-refractivity contribution in [3.8, 4) is 11.5 Å². The third kappa shape index (κ3) is 7.13. The molecule has 0 saturated carbocycles. The number of methoxy groups -OCH3 is 1. The van der Waals surface area contributed by atoms with Crippen LogP contribution in [0.1, 0.15) is 42.5 Å². The van der Waals surface area contributed by atoms with Crippen LogP contribution in [0.2, 0.25) is 5.02 Å². The van der Waals surface area contributed by atoms with Gasteiger partial charge in [0.1, 0.15) is 12.4 Å². The minimum atomic E-state index is -0.275. The van der Waals surface area contributed by atoms with Gasteiger partial charge in [-0.15, -0.1) is 12.4 Å². The van der Waals surface area contributed by atoms with Gasteiger partial charge in [-0.25, -0.2) is 4.39 Å². The van der Waals surface area contributed by atoms with E-state index < -0.39 is 0 Å². The Kier molecular flexibility index (Phi) is 10.1. The fourth-order valence-electron chi connectivity index (χ4n) is 3.35. The summed E-state index contributed by atoms with van der Waals surface area (Å²) >= 11 is 6.51. The summed E-state index contributed by atoms with van der Waals surface area (Å²) in [5.74, 6) is 0.789. The van der Waals surface area contributed by atoms with Crippen molar-refractivity contribution >= 4 is 24.0 Å². The number of nitrogens with one attached hydrogen (secondary N) is 1. The maximum Gasteiger partial charge on any atom is 0.180 e. The van der Waals surface area contributed by atoms with Crippen LogP contribution in [-0.2, 0) is 13.2 Å². The molecule has 1 atom stereocenters. The Hall–Kier alpha value is -2.27. The van der Waals surface area contributed by atoms with Crippen molar-refractivity contribution in [1.29, 1.82) is 0 Å². The van der Waals surface area contributed by atoms with Gasteiger partial charge in [0.05, 0.1) is 12.1 Å². The van der Waals surface area contributed by atoms with E-state index in [9.17, 15) is 4.39 Å². The highest BCUT2D eigenvalue weighted by atomic mass is 35.5. The molecule has 6 heteroatoms. The fourth-order valence-corrected chi connectivity index (χ4v) is 3.64. The normalized spacial score (nSPS) is 11.5. The summed E-state index contributed by atoms with van der Waals surface area (Å²) in [6, 6.07) is 20.7. The molecule has 31 heavy (non-hydrogen) atoms. The van der Waals surface area contributed by atoms with Crippen LogP contribution in [0.4, 0.5) is 4.39 Å². The van der Waals surface area contributed by atoms with Gasteiger partial charge in [-0.05, 0) is 47.4 Å². The molecule has 166 valence electrons.